The molecule has 0 aliphatic carbocycles. The van der Waals surface area contributed by atoms with Crippen LogP contribution in [0.5, 0.6) is 0 Å². The van der Waals surface area contributed by atoms with Gasteiger partial charge in [0.05, 0.1) is 29.5 Å². The number of thiophene rings is 1. The second kappa shape index (κ2) is 6.40. The van der Waals surface area contributed by atoms with Crippen molar-refractivity contribution in [2.45, 2.75) is 25.9 Å². The first-order valence-electron chi connectivity index (χ1n) is 7.37. The molecular weight excluding hydrogens is 326 g/mol. The van der Waals surface area contributed by atoms with Crippen molar-refractivity contribution in [3.05, 3.63) is 52.9 Å². The summed E-state index contributed by atoms with van der Waals surface area (Å²) >= 11 is 1.33. The van der Waals surface area contributed by atoms with E-state index in [1.165, 1.54) is 11.3 Å². The van der Waals surface area contributed by atoms with Gasteiger partial charge in [0.2, 0.25) is 5.91 Å². The molecule has 3 heterocycles. The molecule has 0 bridgehead atoms. The van der Waals surface area contributed by atoms with Gasteiger partial charge >= 0.3 is 0 Å². The van der Waals surface area contributed by atoms with Gasteiger partial charge in [-0.25, -0.2) is 4.98 Å². The largest absolute Gasteiger partial charge is 0.348 e. The van der Waals surface area contributed by atoms with E-state index in [-0.39, 0.29) is 11.8 Å². The van der Waals surface area contributed by atoms with Gasteiger partial charge in [0.15, 0.2) is 5.65 Å². The SMILES string of the molecule is CC(C)(NC(=O)c1cccs1)C(=O)NCc1cnc2cnccn12. The Kier molecular flexibility index (Phi) is 4.30. The Balaban J connectivity index is 1.64. The molecule has 3 aromatic rings. The molecule has 3 aromatic heterocycles. The van der Waals surface area contributed by atoms with Gasteiger partial charge < -0.3 is 10.6 Å². The van der Waals surface area contributed by atoms with E-state index in [1.54, 1.807) is 50.8 Å². The molecule has 0 saturated carbocycles. The Morgan fingerprint density at radius 2 is 2.17 bits per heavy atom. The summed E-state index contributed by atoms with van der Waals surface area (Å²) in [5, 5.41) is 7.41. The van der Waals surface area contributed by atoms with Gasteiger partial charge in [-0.1, -0.05) is 6.07 Å². The number of hydrogen-bond acceptors (Lipinski definition) is 5. The van der Waals surface area contributed by atoms with Crippen LogP contribution in [0.25, 0.3) is 5.65 Å². The summed E-state index contributed by atoms with van der Waals surface area (Å²) in [6.45, 7) is 3.65. The standard InChI is InChI=1S/C16H17N5O2S/c1-16(2,20-14(22)12-4-3-7-24-12)15(23)19-9-11-8-18-13-10-17-5-6-21(11)13/h3-8,10H,9H2,1-2H3,(H,19,23)(H,20,22). The molecule has 8 heteroatoms. The number of carbonyl (C=O) groups excluding carboxylic acids is 2. The minimum atomic E-state index is -1.02. The molecule has 0 unspecified atom stereocenters. The van der Waals surface area contributed by atoms with Crippen LogP contribution in [0.15, 0.2) is 42.3 Å². The number of amides is 2. The fourth-order valence-corrected chi connectivity index (χ4v) is 2.85. The molecule has 7 nitrogen and oxygen atoms in total. The van der Waals surface area contributed by atoms with Crippen molar-refractivity contribution in [2.24, 2.45) is 0 Å². The predicted molar refractivity (Wildman–Crippen MR) is 90.7 cm³/mol. The van der Waals surface area contributed by atoms with Gasteiger partial charge in [0.1, 0.15) is 5.54 Å². The quantitative estimate of drug-likeness (QED) is 0.737. The van der Waals surface area contributed by atoms with Crippen LogP contribution in [0.2, 0.25) is 0 Å². The van der Waals surface area contributed by atoms with E-state index in [0.29, 0.717) is 17.1 Å². The van der Waals surface area contributed by atoms with Crippen LogP contribution >= 0.6 is 11.3 Å². The molecule has 0 aromatic carbocycles. The van der Waals surface area contributed by atoms with Crippen molar-refractivity contribution in [1.29, 1.82) is 0 Å². The van der Waals surface area contributed by atoms with Gasteiger partial charge in [0.25, 0.3) is 5.91 Å². The topological polar surface area (TPSA) is 88.4 Å². The van der Waals surface area contributed by atoms with Crippen LogP contribution in [-0.2, 0) is 11.3 Å². The average Bonchev–Trinajstić information content (AvgIpc) is 3.22. The van der Waals surface area contributed by atoms with E-state index in [2.05, 4.69) is 20.6 Å². The molecule has 3 rings (SSSR count). The average molecular weight is 343 g/mol. The zero-order valence-electron chi connectivity index (χ0n) is 13.3. The van der Waals surface area contributed by atoms with E-state index in [1.807, 2.05) is 9.78 Å². The number of imidazole rings is 1. The summed E-state index contributed by atoms with van der Waals surface area (Å²) in [6, 6.07) is 3.52. The van der Waals surface area contributed by atoms with Crippen molar-refractivity contribution < 1.29 is 9.59 Å². The Hall–Kier alpha value is -2.74. The molecule has 0 saturated heterocycles. The zero-order chi connectivity index (χ0) is 17.2. The first-order valence-corrected chi connectivity index (χ1v) is 8.25. The fraction of sp³-hybridized carbons (Fsp3) is 0.250. The van der Waals surface area contributed by atoms with Crippen LogP contribution in [0.3, 0.4) is 0 Å². The van der Waals surface area contributed by atoms with Crippen molar-refractivity contribution >= 4 is 28.8 Å². The Bertz CT molecular complexity index is 870. The third kappa shape index (κ3) is 3.28. The highest BCUT2D eigenvalue weighted by molar-refractivity contribution is 7.12. The number of rotatable bonds is 5. The number of nitrogens with one attached hydrogen (secondary N) is 2. The van der Waals surface area contributed by atoms with Gasteiger partial charge in [-0.05, 0) is 25.3 Å². The van der Waals surface area contributed by atoms with Gasteiger partial charge in [-0.3, -0.25) is 19.0 Å². The minimum absolute atomic E-state index is 0.258. The number of aromatic nitrogens is 3. The molecule has 0 spiro atoms. The molecule has 124 valence electrons. The van der Waals surface area contributed by atoms with Crippen molar-refractivity contribution in [2.75, 3.05) is 0 Å². The molecule has 0 fully saturated rings. The van der Waals surface area contributed by atoms with E-state index in [9.17, 15) is 9.59 Å². The maximum atomic E-state index is 12.4. The summed E-state index contributed by atoms with van der Waals surface area (Å²) in [4.78, 5) is 33.4. The molecule has 0 atom stereocenters. The van der Waals surface area contributed by atoms with Crippen molar-refractivity contribution in [3.63, 3.8) is 0 Å². The fourth-order valence-electron chi connectivity index (χ4n) is 2.23. The number of fused-ring (bicyclic) bond motifs is 1. The summed E-state index contributed by atoms with van der Waals surface area (Å²) in [6.07, 6.45) is 6.78. The van der Waals surface area contributed by atoms with Crippen LogP contribution < -0.4 is 10.6 Å². The second-order valence-electron chi connectivity index (χ2n) is 5.79. The van der Waals surface area contributed by atoms with E-state index < -0.39 is 5.54 Å². The zero-order valence-corrected chi connectivity index (χ0v) is 14.1. The van der Waals surface area contributed by atoms with Crippen LogP contribution in [0.1, 0.15) is 29.2 Å². The molecule has 24 heavy (non-hydrogen) atoms. The number of nitrogens with zero attached hydrogens (tertiary/aromatic N) is 3. The summed E-state index contributed by atoms with van der Waals surface area (Å²) in [5.74, 6) is -0.526. The maximum absolute atomic E-state index is 12.4. The normalized spacial score (nSPS) is 11.4. The lowest BCUT2D eigenvalue weighted by Crippen LogP contribution is -2.54. The van der Waals surface area contributed by atoms with Crippen molar-refractivity contribution in [1.82, 2.24) is 25.0 Å². The van der Waals surface area contributed by atoms with E-state index >= 15 is 0 Å². The van der Waals surface area contributed by atoms with Gasteiger partial charge in [0, 0.05) is 12.4 Å². The number of carbonyl (C=O) groups is 2. The summed E-state index contributed by atoms with van der Waals surface area (Å²) < 4.78 is 1.85. The highest BCUT2D eigenvalue weighted by atomic mass is 32.1. The maximum Gasteiger partial charge on any atom is 0.262 e. The third-order valence-corrected chi connectivity index (χ3v) is 4.43. The smallest absolute Gasteiger partial charge is 0.262 e. The third-order valence-electron chi connectivity index (χ3n) is 3.56. The minimum Gasteiger partial charge on any atom is -0.348 e. The molecule has 2 amide bonds. The van der Waals surface area contributed by atoms with Crippen LogP contribution in [0.4, 0.5) is 0 Å². The molecule has 0 aliphatic rings. The van der Waals surface area contributed by atoms with Gasteiger partial charge in [-0.15, -0.1) is 11.3 Å². The number of hydrogen-bond donors (Lipinski definition) is 2. The molecule has 2 N–H and O–H groups in total. The monoisotopic (exact) mass is 343 g/mol. The van der Waals surface area contributed by atoms with Crippen LogP contribution in [-0.4, -0.2) is 31.7 Å². The highest BCUT2D eigenvalue weighted by Crippen LogP contribution is 2.12. The Morgan fingerprint density at radius 1 is 1.33 bits per heavy atom. The predicted octanol–water partition coefficient (Wildman–Crippen LogP) is 1.62. The highest BCUT2D eigenvalue weighted by Gasteiger charge is 2.30. The first-order chi connectivity index (χ1) is 11.5. The Morgan fingerprint density at radius 3 is 2.92 bits per heavy atom. The van der Waals surface area contributed by atoms with E-state index in [0.717, 1.165) is 5.69 Å². The lowest BCUT2D eigenvalue weighted by molar-refractivity contribution is -0.126. The van der Waals surface area contributed by atoms with E-state index in [4.69, 9.17) is 0 Å². The molecule has 0 radical (unpaired) electrons. The van der Waals surface area contributed by atoms with Crippen molar-refractivity contribution in [3.8, 4) is 0 Å². The molecular formula is C16H17N5O2S. The van der Waals surface area contributed by atoms with Gasteiger partial charge in [-0.2, -0.15) is 0 Å². The lowest BCUT2D eigenvalue weighted by Gasteiger charge is -2.24. The Labute approximate surface area is 142 Å². The molecule has 0 aliphatic heterocycles. The summed E-state index contributed by atoms with van der Waals surface area (Å²) in [5.41, 5.74) is 0.525. The van der Waals surface area contributed by atoms with Crippen LogP contribution in [0, 0.1) is 0 Å². The second-order valence-corrected chi connectivity index (χ2v) is 6.74. The lowest BCUT2D eigenvalue weighted by atomic mass is 10.0. The first kappa shape index (κ1) is 16.1. The summed E-state index contributed by atoms with van der Waals surface area (Å²) in [7, 11) is 0.